The van der Waals surface area contributed by atoms with Crippen molar-refractivity contribution in [2.45, 2.75) is 39.9 Å². The molecule has 1 fully saturated rings. The summed E-state index contributed by atoms with van der Waals surface area (Å²) in [6, 6.07) is 9.55. The lowest BCUT2D eigenvalue weighted by molar-refractivity contribution is 0.0984. The average molecular weight is 475 g/mol. The second-order valence-corrected chi connectivity index (χ2v) is 8.79. The van der Waals surface area contributed by atoms with Crippen LogP contribution in [0.4, 0.5) is 22.1 Å². The van der Waals surface area contributed by atoms with Gasteiger partial charge in [0.25, 0.3) is 0 Å². The van der Waals surface area contributed by atoms with Crippen molar-refractivity contribution in [3.8, 4) is 11.4 Å². The highest BCUT2D eigenvalue weighted by Gasteiger charge is 2.31. The molecule has 0 saturated carbocycles. The summed E-state index contributed by atoms with van der Waals surface area (Å²) in [5.74, 6) is 3.26. The van der Waals surface area contributed by atoms with Crippen LogP contribution in [0.25, 0.3) is 11.4 Å². The van der Waals surface area contributed by atoms with Crippen LogP contribution in [0.2, 0.25) is 0 Å². The maximum absolute atomic E-state index is 11.8. The highest BCUT2D eigenvalue weighted by atomic mass is 16.5. The molecule has 0 radical (unpaired) electrons. The van der Waals surface area contributed by atoms with E-state index in [1.807, 2.05) is 44.2 Å². The van der Waals surface area contributed by atoms with Gasteiger partial charge < -0.3 is 25.2 Å². The predicted molar refractivity (Wildman–Crippen MR) is 134 cm³/mol. The van der Waals surface area contributed by atoms with E-state index in [1.54, 1.807) is 6.20 Å². The Balaban J connectivity index is 1.49. The van der Waals surface area contributed by atoms with Crippen molar-refractivity contribution < 1.29 is 9.53 Å². The maximum atomic E-state index is 11.8. The lowest BCUT2D eigenvalue weighted by Gasteiger charge is -2.35. The normalized spacial score (nSPS) is 17.3. The fraction of sp³-hybridized carbons (Fsp3) is 0.400. The third-order valence-electron chi connectivity index (χ3n) is 6.22. The molecule has 2 amide bonds. The minimum atomic E-state index is -0.224. The number of hydrogen-bond acceptors (Lipinski definition) is 8. The maximum Gasteiger partial charge on any atom is 0.319 e. The molecule has 0 spiro atoms. The minimum absolute atomic E-state index is 0.217. The van der Waals surface area contributed by atoms with Gasteiger partial charge >= 0.3 is 6.03 Å². The molecule has 5 rings (SSSR count). The number of aryl methyl sites for hydroxylation is 1. The van der Waals surface area contributed by atoms with Crippen molar-refractivity contribution in [3.63, 3.8) is 0 Å². The summed E-state index contributed by atoms with van der Waals surface area (Å²) in [7, 11) is 0. The summed E-state index contributed by atoms with van der Waals surface area (Å²) in [5, 5.41) is 5.56. The van der Waals surface area contributed by atoms with Crippen LogP contribution in [-0.2, 0) is 17.8 Å². The first-order chi connectivity index (χ1) is 17.0. The van der Waals surface area contributed by atoms with Crippen molar-refractivity contribution in [3.05, 3.63) is 53.6 Å². The zero-order valence-electron chi connectivity index (χ0n) is 20.3. The number of anilines is 3. The van der Waals surface area contributed by atoms with Gasteiger partial charge in [0.15, 0.2) is 5.82 Å². The van der Waals surface area contributed by atoms with Gasteiger partial charge in [-0.2, -0.15) is 0 Å². The standard InChI is InChI=1S/C25H30N8O2/c1-4-26-25(34)29-19-7-5-18(6-8-19)23-30-21-14-32(22-9-10-27-17(3)28-22)13-20(21)24(31-23)33-11-12-35-15-16(33)2/h5-10,16H,4,11-15H2,1-3H3,(H2,26,29,34)/t16-/m0/s1. The zero-order valence-corrected chi connectivity index (χ0v) is 20.3. The Kier molecular flexibility index (Phi) is 6.45. The Labute approximate surface area is 204 Å². The van der Waals surface area contributed by atoms with Gasteiger partial charge in [0.05, 0.1) is 38.0 Å². The number of hydrogen-bond donors (Lipinski definition) is 2. The second kappa shape index (κ2) is 9.83. The number of carbonyl (C=O) groups excluding carboxylic acids is 1. The van der Waals surface area contributed by atoms with E-state index in [2.05, 4.69) is 37.3 Å². The fourth-order valence-corrected chi connectivity index (χ4v) is 4.47. The van der Waals surface area contributed by atoms with Crippen molar-refractivity contribution >= 4 is 23.4 Å². The van der Waals surface area contributed by atoms with Gasteiger partial charge in [0.2, 0.25) is 0 Å². The van der Waals surface area contributed by atoms with Crippen molar-refractivity contribution in [2.24, 2.45) is 0 Å². The Morgan fingerprint density at radius 2 is 1.97 bits per heavy atom. The number of carbonyl (C=O) groups is 1. The Morgan fingerprint density at radius 3 is 2.71 bits per heavy atom. The number of nitrogens with zero attached hydrogens (tertiary/aromatic N) is 6. The van der Waals surface area contributed by atoms with E-state index in [9.17, 15) is 4.79 Å². The van der Waals surface area contributed by atoms with E-state index in [-0.39, 0.29) is 12.1 Å². The lowest BCUT2D eigenvalue weighted by Crippen LogP contribution is -2.44. The molecule has 2 aliphatic heterocycles. The third-order valence-corrected chi connectivity index (χ3v) is 6.22. The Hall–Kier alpha value is -3.79. The summed E-state index contributed by atoms with van der Waals surface area (Å²) >= 11 is 0. The molecule has 3 aromatic rings. The van der Waals surface area contributed by atoms with Crippen LogP contribution < -0.4 is 20.4 Å². The molecule has 182 valence electrons. The number of morpholine rings is 1. The molecule has 2 aromatic heterocycles. The van der Waals surface area contributed by atoms with Gasteiger partial charge in [-0.3, -0.25) is 0 Å². The number of ether oxygens (including phenoxy) is 1. The summed E-state index contributed by atoms with van der Waals surface area (Å²) in [6.45, 7) is 9.99. The molecule has 10 nitrogen and oxygen atoms in total. The monoisotopic (exact) mass is 474 g/mol. The predicted octanol–water partition coefficient (Wildman–Crippen LogP) is 3.13. The number of aromatic nitrogens is 4. The summed E-state index contributed by atoms with van der Waals surface area (Å²) < 4.78 is 5.68. The molecule has 2 N–H and O–H groups in total. The molecular formula is C25H30N8O2. The first kappa shape index (κ1) is 23.0. The van der Waals surface area contributed by atoms with Gasteiger partial charge in [0, 0.05) is 36.1 Å². The van der Waals surface area contributed by atoms with Crippen LogP contribution in [0, 0.1) is 6.92 Å². The molecule has 1 aromatic carbocycles. The first-order valence-electron chi connectivity index (χ1n) is 12.0. The molecule has 10 heteroatoms. The van der Waals surface area contributed by atoms with Gasteiger partial charge in [-0.25, -0.2) is 24.7 Å². The van der Waals surface area contributed by atoms with Gasteiger partial charge in [-0.15, -0.1) is 0 Å². The lowest BCUT2D eigenvalue weighted by atomic mass is 10.1. The largest absolute Gasteiger partial charge is 0.377 e. The number of benzene rings is 1. The molecule has 2 aliphatic rings. The summed E-state index contributed by atoms with van der Waals surface area (Å²) in [6.07, 6.45) is 1.79. The summed E-state index contributed by atoms with van der Waals surface area (Å²) in [5.41, 5.74) is 3.75. The number of urea groups is 1. The molecular weight excluding hydrogens is 444 g/mol. The molecule has 4 heterocycles. The average Bonchev–Trinajstić information content (AvgIpc) is 3.29. The Bertz CT molecular complexity index is 1220. The fourth-order valence-electron chi connectivity index (χ4n) is 4.47. The molecule has 35 heavy (non-hydrogen) atoms. The molecule has 1 saturated heterocycles. The summed E-state index contributed by atoms with van der Waals surface area (Å²) in [4.78, 5) is 35.3. The smallest absolute Gasteiger partial charge is 0.319 e. The van der Waals surface area contributed by atoms with Crippen molar-refractivity contribution in [1.29, 1.82) is 0 Å². The van der Waals surface area contributed by atoms with Crippen LogP contribution in [0.5, 0.6) is 0 Å². The van der Waals surface area contributed by atoms with E-state index < -0.39 is 0 Å². The van der Waals surface area contributed by atoms with E-state index >= 15 is 0 Å². The number of fused-ring (bicyclic) bond motifs is 1. The number of rotatable bonds is 5. The number of nitrogens with one attached hydrogen (secondary N) is 2. The van der Waals surface area contributed by atoms with E-state index in [1.165, 1.54) is 0 Å². The van der Waals surface area contributed by atoms with Crippen LogP contribution in [-0.4, -0.2) is 58.3 Å². The van der Waals surface area contributed by atoms with E-state index in [0.29, 0.717) is 44.4 Å². The molecule has 0 bridgehead atoms. The van der Waals surface area contributed by atoms with Crippen LogP contribution in [0.15, 0.2) is 36.5 Å². The van der Waals surface area contributed by atoms with Gasteiger partial charge in [-0.05, 0) is 51.1 Å². The Morgan fingerprint density at radius 1 is 1.14 bits per heavy atom. The number of amides is 2. The zero-order chi connectivity index (χ0) is 24.4. The van der Waals surface area contributed by atoms with Gasteiger partial charge in [0.1, 0.15) is 17.5 Å². The van der Waals surface area contributed by atoms with Crippen LogP contribution in [0.3, 0.4) is 0 Å². The van der Waals surface area contributed by atoms with Gasteiger partial charge in [-0.1, -0.05) is 0 Å². The van der Waals surface area contributed by atoms with E-state index in [0.717, 1.165) is 40.8 Å². The molecule has 1 atom stereocenters. The first-order valence-corrected chi connectivity index (χ1v) is 12.0. The molecule has 0 aliphatic carbocycles. The second-order valence-electron chi connectivity index (χ2n) is 8.79. The quantitative estimate of drug-likeness (QED) is 0.581. The third kappa shape index (κ3) is 4.88. The van der Waals surface area contributed by atoms with Crippen molar-refractivity contribution in [1.82, 2.24) is 25.3 Å². The highest BCUT2D eigenvalue weighted by Crippen LogP contribution is 2.35. The van der Waals surface area contributed by atoms with E-state index in [4.69, 9.17) is 14.7 Å². The van der Waals surface area contributed by atoms with Crippen LogP contribution >= 0.6 is 0 Å². The van der Waals surface area contributed by atoms with Crippen LogP contribution in [0.1, 0.15) is 30.9 Å². The SMILES string of the molecule is CCNC(=O)Nc1ccc(-c2nc3c(c(N4CCOC[C@@H]4C)n2)CN(c2ccnc(C)n2)C3)cc1. The topological polar surface area (TPSA) is 108 Å². The molecule has 0 unspecified atom stereocenters. The highest BCUT2D eigenvalue weighted by molar-refractivity contribution is 5.89. The van der Waals surface area contributed by atoms with Crippen molar-refractivity contribution in [2.75, 3.05) is 41.4 Å². The minimum Gasteiger partial charge on any atom is -0.377 e.